The fourth-order valence-electron chi connectivity index (χ4n) is 2.23. The highest BCUT2D eigenvalue weighted by Crippen LogP contribution is 2.24. The molecule has 1 amide bonds. The molecular formula is C18H19N7O3. The Bertz CT molecular complexity index is 1030. The van der Waals surface area contributed by atoms with Crippen molar-refractivity contribution in [2.24, 2.45) is 5.10 Å². The maximum Gasteiger partial charge on any atom is 0.420 e. The average molecular weight is 381 g/mol. The van der Waals surface area contributed by atoms with E-state index in [-0.39, 0.29) is 17.1 Å². The molecule has 144 valence electrons. The van der Waals surface area contributed by atoms with E-state index in [1.54, 1.807) is 53.1 Å². The van der Waals surface area contributed by atoms with Gasteiger partial charge in [0.25, 0.3) is 5.91 Å². The van der Waals surface area contributed by atoms with Crippen LogP contribution in [0.25, 0.3) is 11.0 Å². The standard InChI is InChI=1S/C18H19N7O3/c1-18(2,3)28-17(27)25-14(16(26)24(4)5)7-11-6-12(10-21-15(11)25)22-23-13(8-19)9-20/h6-7,10,22H,1-5H3. The first-order valence-electron chi connectivity index (χ1n) is 8.17. The van der Waals surface area contributed by atoms with Crippen molar-refractivity contribution in [2.45, 2.75) is 26.4 Å². The summed E-state index contributed by atoms with van der Waals surface area (Å²) in [6.45, 7) is 5.17. The molecule has 10 nitrogen and oxygen atoms in total. The second-order valence-corrected chi connectivity index (χ2v) is 6.98. The van der Waals surface area contributed by atoms with Crippen molar-refractivity contribution >= 4 is 34.4 Å². The molecule has 0 aliphatic heterocycles. The first-order valence-corrected chi connectivity index (χ1v) is 8.17. The van der Waals surface area contributed by atoms with E-state index in [1.807, 2.05) is 0 Å². The first kappa shape index (κ1) is 20.4. The Balaban J connectivity index is 2.57. The van der Waals surface area contributed by atoms with E-state index in [4.69, 9.17) is 15.3 Å². The minimum Gasteiger partial charge on any atom is -0.443 e. The summed E-state index contributed by atoms with van der Waals surface area (Å²) in [7, 11) is 3.14. The lowest BCUT2D eigenvalue weighted by molar-refractivity contribution is 0.0527. The van der Waals surface area contributed by atoms with Crippen LogP contribution in [0.15, 0.2) is 23.4 Å². The summed E-state index contributed by atoms with van der Waals surface area (Å²) in [6.07, 6.45) is 0.637. The Morgan fingerprint density at radius 3 is 2.43 bits per heavy atom. The highest BCUT2D eigenvalue weighted by Gasteiger charge is 2.26. The molecule has 0 bridgehead atoms. The number of hydrogen-bond donors (Lipinski definition) is 1. The van der Waals surface area contributed by atoms with Crippen LogP contribution in [0.2, 0.25) is 0 Å². The third kappa shape index (κ3) is 4.43. The molecule has 0 unspecified atom stereocenters. The zero-order chi connectivity index (χ0) is 21.1. The van der Waals surface area contributed by atoms with E-state index in [0.29, 0.717) is 11.1 Å². The van der Waals surface area contributed by atoms with Crippen LogP contribution < -0.4 is 5.43 Å². The number of carbonyl (C=O) groups is 2. The molecule has 0 fully saturated rings. The lowest BCUT2D eigenvalue weighted by atomic mass is 10.2. The molecule has 0 aliphatic rings. The van der Waals surface area contributed by atoms with Gasteiger partial charge in [-0.25, -0.2) is 14.3 Å². The second kappa shape index (κ2) is 7.76. The maximum atomic E-state index is 12.7. The summed E-state index contributed by atoms with van der Waals surface area (Å²) in [5, 5.41) is 21.6. The van der Waals surface area contributed by atoms with E-state index >= 15 is 0 Å². The molecule has 2 aromatic heterocycles. The van der Waals surface area contributed by atoms with Crippen molar-refractivity contribution in [2.75, 3.05) is 19.5 Å². The van der Waals surface area contributed by atoms with E-state index in [9.17, 15) is 9.59 Å². The third-order valence-corrected chi connectivity index (χ3v) is 3.35. The van der Waals surface area contributed by atoms with Crippen LogP contribution in [0.4, 0.5) is 10.5 Å². The van der Waals surface area contributed by atoms with Crippen molar-refractivity contribution in [3.05, 3.63) is 24.0 Å². The number of hydrogen-bond acceptors (Lipinski definition) is 8. The van der Waals surface area contributed by atoms with Crippen molar-refractivity contribution < 1.29 is 14.3 Å². The predicted octanol–water partition coefficient (Wildman–Crippen LogP) is 2.34. The van der Waals surface area contributed by atoms with Gasteiger partial charge in [-0.15, -0.1) is 0 Å². The highest BCUT2D eigenvalue weighted by molar-refractivity contribution is 6.10. The van der Waals surface area contributed by atoms with Gasteiger partial charge in [0.15, 0.2) is 0 Å². The number of hydrazone groups is 1. The predicted molar refractivity (Wildman–Crippen MR) is 102 cm³/mol. The molecule has 0 radical (unpaired) electrons. The van der Waals surface area contributed by atoms with Crippen molar-refractivity contribution in [3.8, 4) is 12.1 Å². The van der Waals surface area contributed by atoms with Crippen LogP contribution in [-0.2, 0) is 4.74 Å². The SMILES string of the molecule is CN(C)C(=O)c1cc2cc(NN=C(C#N)C#N)cnc2n1C(=O)OC(C)(C)C. The molecule has 0 saturated heterocycles. The maximum absolute atomic E-state index is 12.7. The van der Waals surface area contributed by atoms with Crippen molar-refractivity contribution in [3.63, 3.8) is 0 Å². The average Bonchev–Trinajstić information content (AvgIpc) is 2.99. The molecule has 10 heteroatoms. The normalized spacial score (nSPS) is 10.5. The van der Waals surface area contributed by atoms with Crippen LogP contribution in [0, 0.1) is 22.7 Å². The fourth-order valence-corrected chi connectivity index (χ4v) is 2.23. The molecule has 2 rings (SSSR count). The molecule has 2 aromatic rings. The fraction of sp³-hybridized carbons (Fsp3) is 0.333. The van der Waals surface area contributed by atoms with Gasteiger partial charge >= 0.3 is 6.09 Å². The summed E-state index contributed by atoms with van der Waals surface area (Å²) in [5.41, 5.74) is 2.14. The number of anilines is 1. The summed E-state index contributed by atoms with van der Waals surface area (Å²) in [5.74, 6) is -0.396. The number of aromatic nitrogens is 2. The zero-order valence-corrected chi connectivity index (χ0v) is 16.1. The van der Waals surface area contributed by atoms with Gasteiger partial charge in [0.1, 0.15) is 29.1 Å². The van der Waals surface area contributed by atoms with Crippen molar-refractivity contribution in [1.82, 2.24) is 14.5 Å². The third-order valence-electron chi connectivity index (χ3n) is 3.35. The largest absolute Gasteiger partial charge is 0.443 e. The number of rotatable bonds is 3. The summed E-state index contributed by atoms with van der Waals surface area (Å²) in [6, 6.07) is 6.36. The van der Waals surface area contributed by atoms with E-state index in [2.05, 4.69) is 15.5 Å². The van der Waals surface area contributed by atoms with Crippen LogP contribution in [0.1, 0.15) is 31.3 Å². The van der Waals surface area contributed by atoms with Gasteiger partial charge in [0.2, 0.25) is 5.71 Å². The van der Waals surface area contributed by atoms with Gasteiger partial charge in [-0.3, -0.25) is 10.2 Å². The quantitative estimate of drug-likeness (QED) is 0.636. The number of fused-ring (bicyclic) bond motifs is 1. The van der Waals surface area contributed by atoms with Crippen LogP contribution >= 0.6 is 0 Å². The van der Waals surface area contributed by atoms with Gasteiger partial charge in [-0.1, -0.05) is 0 Å². The molecule has 0 saturated carbocycles. The van der Waals surface area contributed by atoms with Gasteiger partial charge in [-0.05, 0) is 32.9 Å². The van der Waals surface area contributed by atoms with Gasteiger partial charge in [0, 0.05) is 19.5 Å². The number of pyridine rings is 1. The lowest BCUT2D eigenvalue weighted by Gasteiger charge is -2.21. The Labute approximate surface area is 161 Å². The second-order valence-electron chi connectivity index (χ2n) is 6.98. The number of nitrogens with one attached hydrogen (secondary N) is 1. The topological polar surface area (TPSA) is 136 Å². The Morgan fingerprint density at radius 1 is 1.25 bits per heavy atom. The minimum atomic E-state index is -0.757. The number of nitrogens with zero attached hydrogens (tertiary/aromatic N) is 6. The van der Waals surface area contributed by atoms with E-state index in [1.165, 1.54) is 17.2 Å². The number of ether oxygens (including phenoxy) is 1. The van der Waals surface area contributed by atoms with E-state index in [0.717, 1.165) is 4.57 Å². The molecular weight excluding hydrogens is 362 g/mol. The summed E-state index contributed by atoms with van der Waals surface area (Å²) >= 11 is 0. The minimum absolute atomic E-state index is 0.0946. The summed E-state index contributed by atoms with van der Waals surface area (Å²) < 4.78 is 6.52. The number of amides is 1. The molecule has 0 aromatic carbocycles. The Kier molecular flexibility index (Phi) is 5.65. The highest BCUT2D eigenvalue weighted by atomic mass is 16.6. The monoisotopic (exact) mass is 381 g/mol. The molecule has 0 spiro atoms. The van der Waals surface area contributed by atoms with Gasteiger partial charge in [0.05, 0.1) is 11.9 Å². The number of carbonyl (C=O) groups excluding carboxylic acids is 2. The van der Waals surface area contributed by atoms with Crippen LogP contribution in [-0.4, -0.2) is 51.9 Å². The van der Waals surface area contributed by atoms with Crippen molar-refractivity contribution in [1.29, 1.82) is 10.5 Å². The molecule has 28 heavy (non-hydrogen) atoms. The van der Waals surface area contributed by atoms with Crippen LogP contribution in [0.5, 0.6) is 0 Å². The Morgan fingerprint density at radius 2 is 1.89 bits per heavy atom. The molecule has 0 aliphatic carbocycles. The lowest BCUT2D eigenvalue weighted by Crippen LogP contribution is -2.31. The molecule has 2 heterocycles. The van der Waals surface area contributed by atoms with E-state index < -0.39 is 17.6 Å². The van der Waals surface area contributed by atoms with Gasteiger partial charge in [-0.2, -0.15) is 15.6 Å². The Hall–Kier alpha value is -3.92. The first-order chi connectivity index (χ1) is 13.1. The van der Waals surface area contributed by atoms with Crippen LogP contribution in [0.3, 0.4) is 0 Å². The zero-order valence-electron chi connectivity index (χ0n) is 16.1. The molecule has 0 atom stereocenters. The summed E-state index contributed by atoms with van der Waals surface area (Å²) in [4.78, 5) is 30.8. The number of nitriles is 2. The molecule has 1 N–H and O–H groups in total. The smallest absolute Gasteiger partial charge is 0.420 e. The van der Waals surface area contributed by atoms with Gasteiger partial charge < -0.3 is 9.64 Å².